The summed E-state index contributed by atoms with van der Waals surface area (Å²) in [6.45, 7) is 2.00. The van der Waals surface area contributed by atoms with E-state index in [9.17, 15) is 4.79 Å². The van der Waals surface area contributed by atoms with E-state index in [1.54, 1.807) is 0 Å². The number of hydrogen-bond donors (Lipinski definition) is 2. The fourth-order valence-corrected chi connectivity index (χ4v) is 3.32. The van der Waals surface area contributed by atoms with Gasteiger partial charge in [-0.25, -0.2) is 0 Å². The number of carbonyl (C=O) groups excluding carboxylic acids is 1. The molecule has 0 aliphatic heterocycles. The lowest BCUT2D eigenvalue weighted by molar-refractivity contribution is -0.115. The van der Waals surface area contributed by atoms with Gasteiger partial charge in [0.1, 0.15) is 11.3 Å². The number of hydrogen-bond acceptors (Lipinski definition) is 3. The van der Waals surface area contributed by atoms with Crippen LogP contribution in [0.2, 0.25) is 15.1 Å². The van der Waals surface area contributed by atoms with E-state index in [2.05, 4.69) is 10.6 Å². The number of para-hydroxylation sites is 1. The number of furan rings is 1. The molecule has 1 heterocycles. The fourth-order valence-electron chi connectivity index (χ4n) is 2.41. The van der Waals surface area contributed by atoms with Gasteiger partial charge in [-0.05, 0) is 31.2 Å². The van der Waals surface area contributed by atoms with Crippen LogP contribution in [0.25, 0.3) is 11.0 Å². The molecule has 25 heavy (non-hydrogen) atoms. The predicted octanol–water partition coefficient (Wildman–Crippen LogP) is 5.68. The van der Waals surface area contributed by atoms with Gasteiger partial charge in [0.15, 0.2) is 0 Å². The molecule has 0 fully saturated rings. The normalized spacial score (nSPS) is 12.3. The van der Waals surface area contributed by atoms with Crippen molar-refractivity contribution in [1.82, 2.24) is 5.32 Å². The second-order valence-electron chi connectivity index (χ2n) is 5.58. The molecule has 3 aromatic rings. The minimum absolute atomic E-state index is 0.0769. The summed E-state index contributed by atoms with van der Waals surface area (Å²) in [7, 11) is 0. The minimum Gasteiger partial charge on any atom is -0.459 e. The van der Waals surface area contributed by atoms with Crippen molar-refractivity contribution in [3.63, 3.8) is 0 Å². The van der Waals surface area contributed by atoms with Gasteiger partial charge in [0.2, 0.25) is 5.91 Å². The Kier molecular flexibility index (Phi) is 5.54. The molecule has 1 aromatic heterocycles. The Hall–Kier alpha value is -1.72. The first-order valence-corrected chi connectivity index (χ1v) is 8.73. The van der Waals surface area contributed by atoms with E-state index in [0.717, 1.165) is 16.7 Å². The number of benzene rings is 2. The molecule has 1 unspecified atom stereocenters. The van der Waals surface area contributed by atoms with Crippen LogP contribution in [0.15, 0.2) is 46.9 Å². The van der Waals surface area contributed by atoms with Crippen LogP contribution in [-0.2, 0) is 4.79 Å². The van der Waals surface area contributed by atoms with Gasteiger partial charge in [-0.2, -0.15) is 0 Å². The van der Waals surface area contributed by atoms with Crippen LogP contribution in [0.4, 0.5) is 5.69 Å². The fraction of sp³-hybridized carbons (Fsp3) is 0.167. The highest BCUT2D eigenvalue weighted by atomic mass is 35.5. The SMILES string of the molecule is CC(NCC(=O)Nc1c(Cl)cc(Cl)cc1Cl)c1cc2ccccc2o1. The summed E-state index contributed by atoms with van der Waals surface area (Å²) in [6, 6.07) is 12.6. The van der Waals surface area contributed by atoms with Crippen molar-refractivity contribution < 1.29 is 9.21 Å². The van der Waals surface area contributed by atoms with Crippen LogP contribution in [0.3, 0.4) is 0 Å². The van der Waals surface area contributed by atoms with Gasteiger partial charge in [0.25, 0.3) is 0 Å². The van der Waals surface area contributed by atoms with Crippen molar-refractivity contribution in [2.75, 3.05) is 11.9 Å². The van der Waals surface area contributed by atoms with E-state index in [1.807, 2.05) is 37.3 Å². The number of amides is 1. The van der Waals surface area contributed by atoms with Crippen LogP contribution in [0.1, 0.15) is 18.7 Å². The third-order valence-electron chi connectivity index (χ3n) is 3.71. The maximum absolute atomic E-state index is 12.2. The standard InChI is InChI=1S/C18H15Cl3N2O2/c1-10(16-6-11-4-2-3-5-15(11)25-16)22-9-17(24)23-18-13(20)7-12(19)8-14(18)21/h2-8,10,22H,9H2,1H3,(H,23,24). The summed E-state index contributed by atoms with van der Waals surface area (Å²) in [4.78, 5) is 12.2. The van der Waals surface area contributed by atoms with Crippen LogP contribution < -0.4 is 10.6 Å². The first-order valence-electron chi connectivity index (χ1n) is 7.60. The molecule has 0 aliphatic rings. The Bertz CT molecular complexity index is 868. The number of rotatable bonds is 5. The molecule has 0 aliphatic carbocycles. The van der Waals surface area contributed by atoms with Crippen LogP contribution in [-0.4, -0.2) is 12.5 Å². The van der Waals surface area contributed by atoms with Gasteiger partial charge in [0, 0.05) is 10.4 Å². The Morgan fingerprint density at radius 1 is 1.12 bits per heavy atom. The summed E-state index contributed by atoms with van der Waals surface area (Å²) in [5, 5.41) is 7.80. The third kappa shape index (κ3) is 4.28. The van der Waals surface area contributed by atoms with Crippen molar-refractivity contribution in [1.29, 1.82) is 0 Å². The largest absolute Gasteiger partial charge is 0.459 e. The van der Waals surface area contributed by atoms with Gasteiger partial charge in [0.05, 0.1) is 28.3 Å². The number of anilines is 1. The zero-order chi connectivity index (χ0) is 18.0. The van der Waals surface area contributed by atoms with Gasteiger partial charge in [-0.3, -0.25) is 10.1 Å². The topological polar surface area (TPSA) is 54.3 Å². The lowest BCUT2D eigenvalue weighted by Gasteiger charge is -2.13. The number of fused-ring (bicyclic) bond motifs is 1. The monoisotopic (exact) mass is 396 g/mol. The molecule has 130 valence electrons. The lowest BCUT2D eigenvalue weighted by Crippen LogP contribution is -2.30. The highest BCUT2D eigenvalue weighted by Crippen LogP contribution is 2.33. The first kappa shape index (κ1) is 18.1. The molecule has 1 amide bonds. The molecule has 1 atom stereocenters. The van der Waals surface area contributed by atoms with E-state index in [1.165, 1.54) is 12.1 Å². The lowest BCUT2D eigenvalue weighted by atomic mass is 10.2. The quantitative estimate of drug-likeness (QED) is 0.582. The number of nitrogens with one attached hydrogen (secondary N) is 2. The second-order valence-corrected chi connectivity index (χ2v) is 6.83. The zero-order valence-electron chi connectivity index (χ0n) is 13.3. The predicted molar refractivity (Wildman–Crippen MR) is 103 cm³/mol. The maximum Gasteiger partial charge on any atom is 0.238 e. The van der Waals surface area contributed by atoms with Crippen LogP contribution in [0.5, 0.6) is 0 Å². The molecule has 0 saturated carbocycles. The molecule has 3 rings (SSSR count). The van der Waals surface area contributed by atoms with Gasteiger partial charge < -0.3 is 9.73 Å². The summed E-state index contributed by atoms with van der Waals surface area (Å²) in [5.41, 5.74) is 1.16. The highest BCUT2D eigenvalue weighted by Gasteiger charge is 2.15. The summed E-state index contributed by atoms with van der Waals surface area (Å²) >= 11 is 18.0. The second kappa shape index (κ2) is 7.67. The molecule has 2 N–H and O–H groups in total. The smallest absolute Gasteiger partial charge is 0.238 e. The van der Waals surface area contributed by atoms with Crippen LogP contribution >= 0.6 is 34.8 Å². The number of halogens is 3. The van der Waals surface area contributed by atoms with Crippen LogP contribution in [0, 0.1) is 0 Å². The van der Waals surface area contributed by atoms with E-state index in [4.69, 9.17) is 39.2 Å². The highest BCUT2D eigenvalue weighted by molar-refractivity contribution is 6.42. The molecule has 4 nitrogen and oxygen atoms in total. The van der Waals surface area contributed by atoms with Crippen molar-refractivity contribution in [2.45, 2.75) is 13.0 Å². The third-order valence-corrected chi connectivity index (χ3v) is 4.53. The number of carbonyl (C=O) groups is 1. The molecule has 7 heteroatoms. The Labute approximate surface area is 160 Å². The van der Waals surface area contributed by atoms with Gasteiger partial charge in [-0.15, -0.1) is 0 Å². The molecule has 0 spiro atoms. The van der Waals surface area contributed by atoms with Crippen molar-refractivity contribution in [3.8, 4) is 0 Å². The van der Waals surface area contributed by atoms with E-state index < -0.39 is 0 Å². The summed E-state index contributed by atoms with van der Waals surface area (Å²) in [6.07, 6.45) is 0. The molecule has 0 radical (unpaired) electrons. The molecular formula is C18H15Cl3N2O2. The first-order chi connectivity index (χ1) is 11.9. The zero-order valence-corrected chi connectivity index (χ0v) is 15.5. The molecular weight excluding hydrogens is 383 g/mol. The molecule has 0 saturated heterocycles. The van der Waals surface area contributed by atoms with E-state index >= 15 is 0 Å². The van der Waals surface area contributed by atoms with Crippen molar-refractivity contribution >= 4 is 57.4 Å². The summed E-state index contributed by atoms with van der Waals surface area (Å²) in [5.74, 6) is 0.491. The van der Waals surface area contributed by atoms with E-state index in [0.29, 0.717) is 10.7 Å². The van der Waals surface area contributed by atoms with Crippen molar-refractivity contribution in [2.24, 2.45) is 0 Å². The van der Waals surface area contributed by atoms with Gasteiger partial charge >= 0.3 is 0 Å². The summed E-state index contributed by atoms with van der Waals surface area (Å²) < 4.78 is 5.78. The molecule has 0 bridgehead atoms. The van der Waals surface area contributed by atoms with Gasteiger partial charge in [-0.1, -0.05) is 53.0 Å². The average molecular weight is 398 g/mol. The Balaban J connectivity index is 1.62. The Morgan fingerprint density at radius 3 is 2.48 bits per heavy atom. The average Bonchev–Trinajstić information content (AvgIpc) is 3.00. The molecule has 2 aromatic carbocycles. The Morgan fingerprint density at radius 2 is 1.80 bits per heavy atom. The minimum atomic E-state index is -0.269. The van der Waals surface area contributed by atoms with Crippen molar-refractivity contribution in [3.05, 3.63) is 63.3 Å². The maximum atomic E-state index is 12.2. The van der Waals surface area contributed by atoms with E-state index in [-0.39, 0.29) is 28.5 Å².